The summed E-state index contributed by atoms with van der Waals surface area (Å²) in [6.07, 6.45) is 1.27. The molecule has 6 nitrogen and oxygen atoms in total. The van der Waals surface area contributed by atoms with Crippen LogP contribution in [0.5, 0.6) is 0 Å². The second-order valence-electron chi connectivity index (χ2n) is 3.90. The minimum atomic E-state index is -0.723. The Hall–Kier alpha value is -1.14. The first-order valence-electron chi connectivity index (χ1n) is 5.45. The molecule has 1 heterocycles. The number of carbonyl (C=O) groups excluding carboxylic acids is 2. The Morgan fingerprint density at radius 1 is 1.44 bits per heavy atom. The van der Waals surface area contributed by atoms with Crippen molar-refractivity contribution in [2.45, 2.75) is 32.0 Å². The van der Waals surface area contributed by atoms with Crippen molar-refractivity contribution in [1.82, 2.24) is 10.6 Å². The number of nitrogens with one attached hydrogen (secondary N) is 2. The number of amides is 2. The van der Waals surface area contributed by atoms with E-state index in [0.717, 1.165) is 19.4 Å². The van der Waals surface area contributed by atoms with Crippen molar-refractivity contribution in [2.75, 3.05) is 19.7 Å². The molecule has 1 aliphatic heterocycles. The lowest BCUT2D eigenvalue weighted by molar-refractivity contribution is -0.139. The van der Waals surface area contributed by atoms with Crippen LogP contribution in [0, 0.1) is 0 Å². The Morgan fingerprint density at radius 2 is 2.12 bits per heavy atom. The van der Waals surface area contributed by atoms with Gasteiger partial charge in [-0.25, -0.2) is 0 Å². The van der Waals surface area contributed by atoms with Gasteiger partial charge in [-0.1, -0.05) is 0 Å². The molecule has 0 radical (unpaired) electrons. The zero-order chi connectivity index (χ0) is 12.0. The van der Waals surface area contributed by atoms with E-state index in [9.17, 15) is 9.59 Å². The third-order valence-corrected chi connectivity index (χ3v) is 2.28. The summed E-state index contributed by atoms with van der Waals surface area (Å²) >= 11 is 0. The molecule has 0 aromatic heterocycles. The topological polar surface area (TPSA) is 87.7 Å². The highest BCUT2D eigenvalue weighted by molar-refractivity contribution is 6.35. The van der Waals surface area contributed by atoms with Gasteiger partial charge >= 0.3 is 11.8 Å². The monoisotopic (exact) mass is 230 g/mol. The van der Waals surface area contributed by atoms with Gasteiger partial charge in [-0.15, -0.1) is 0 Å². The first kappa shape index (κ1) is 12.9. The Kier molecular flexibility index (Phi) is 5.21. The molecular formula is C10H18N2O4. The smallest absolute Gasteiger partial charge is 0.309 e. The number of aliphatic hydroxyl groups is 1. The molecule has 0 unspecified atom stereocenters. The summed E-state index contributed by atoms with van der Waals surface area (Å²) in [5, 5.41) is 13.7. The quantitative estimate of drug-likeness (QED) is 0.528. The van der Waals surface area contributed by atoms with Crippen LogP contribution < -0.4 is 10.6 Å². The standard InChI is InChI=1S/C10H18N2O4/c1-7(13)5-11-9(14)10(15)12-6-8-3-2-4-16-8/h7-8,13H,2-6H2,1H3,(H,11,14)(H,12,15)/t7-,8-/m1/s1. The number of carbonyl (C=O) groups is 2. The third kappa shape index (κ3) is 4.59. The van der Waals surface area contributed by atoms with E-state index in [1.165, 1.54) is 6.92 Å². The summed E-state index contributed by atoms with van der Waals surface area (Å²) in [5.74, 6) is -1.41. The van der Waals surface area contributed by atoms with Crippen LogP contribution in [0.4, 0.5) is 0 Å². The van der Waals surface area contributed by atoms with Gasteiger partial charge in [-0.05, 0) is 19.8 Å². The molecular weight excluding hydrogens is 212 g/mol. The first-order chi connectivity index (χ1) is 7.59. The molecule has 0 aromatic rings. The normalized spacial score (nSPS) is 21.5. The predicted molar refractivity (Wildman–Crippen MR) is 56.7 cm³/mol. The largest absolute Gasteiger partial charge is 0.392 e. The summed E-state index contributed by atoms with van der Waals surface area (Å²) in [7, 11) is 0. The molecule has 0 spiro atoms. The second-order valence-corrected chi connectivity index (χ2v) is 3.90. The van der Waals surface area contributed by atoms with E-state index < -0.39 is 17.9 Å². The summed E-state index contributed by atoms with van der Waals surface area (Å²) in [4.78, 5) is 22.4. The van der Waals surface area contributed by atoms with Crippen molar-refractivity contribution in [2.24, 2.45) is 0 Å². The molecule has 2 amide bonds. The zero-order valence-corrected chi connectivity index (χ0v) is 9.36. The van der Waals surface area contributed by atoms with E-state index in [4.69, 9.17) is 9.84 Å². The molecule has 0 saturated carbocycles. The van der Waals surface area contributed by atoms with Gasteiger partial charge in [0.2, 0.25) is 0 Å². The number of aliphatic hydroxyl groups excluding tert-OH is 1. The van der Waals surface area contributed by atoms with Gasteiger partial charge in [0.15, 0.2) is 0 Å². The van der Waals surface area contributed by atoms with Gasteiger partial charge in [0.25, 0.3) is 0 Å². The molecule has 6 heteroatoms. The summed E-state index contributed by atoms with van der Waals surface area (Å²) < 4.78 is 5.29. The highest BCUT2D eigenvalue weighted by atomic mass is 16.5. The lowest BCUT2D eigenvalue weighted by atomic mass is 10.2. The Morgan fingerprint density at radius 3 is 2.69 bits per heavy atom. The van der Waals surface area contributed by atoms with Gasteiger partial charge in [0.05, 0.1) is 12.2 Å². The number of hydrogen-bond donors (Lipinski definition) is 3. The van der Waals surface area contributed by atoms with Crippen LogP contribution in [0.3, 0.4) is 0 Å². The summed E-state index contributed by atoms with van der Waals surface area (Å²) in [6.45, 7) is 2.69. The Labute approximate surface area is 94.3 Å². The van der Waals surface area contributed by atoms with E-state index in [1.54, 1.807) is 0 Å². The number of hydrogen-bond acceptors (Lipinski definition) is 4. The minimum absolute atomic E-state index is 0.0218. The highest BCUT2D eigenvalue weighted by Crippen LogP contribution is 2.10. The third-order valence-electron chi connectivity index (χ3n) is 2.28. The van der Waals surface area contributed by atoms with Gasteiger partial charge < -0.3 is 20.5 Å². The van der Waals surface area contributed by atoms with Crippen LogP contribution in [0.1, 0.15) is 19.8 Å². The lowest BCUT2D eigenvalue weighted by Crippen LogP contribution is -2.44. The molecule has 1 fully saturated rings. The van der Waals surface area contributed by atoms with Crippen molar-refractivity contribution in [1.29, 1.82) is 0 Å². The van der Waals surface area contributed by atoms with Crippen molar-refractivity contribution < 1.29 is 19.4 Å². The Bertz CT molecular complexity index is 249. The van der Waals surface area contributed by atoms with E-state index in [2.05, 4.69) is 10.6 Å². The molecule has 0 aliphatic carbocycles. The minimum Gasteiger partial charge on any atom is -0.392 e. The number of rotatable bonds is 4. The molecule has 2 atom stereocenters. The fourth-order valence-corrected chi connectivity index (χ4v) is 1.41. The molecule has 1 rings (SSSR count). The maximum absolute atomic E-state index is 11.3. The molecule has 3 N–H and O–H groups in total. The van der Waals surface area contributed by atoms with Crippen LogP contribution in [-0.2, 0) is 14.3 Å². The average Bonchev–Trinajstić information content (AvgIpc) is 2.75. The first-order valence-corrected chi connectivity index (χ1v) is 5.45. The zero-order valence-electron chi connectivity index (χ0n) is 9.36. The number of ether oxygens (including phenoxy) is 1. The highest BCUT2D eigenvalue weighted by Gasteiger charge is 2.19. The van der Waals surface area contributed by atoms with Crippen molar-refractivity contribution in [3.05, 3.63) is 0 Å². The van der Waals surface area contributed by atoms with Crippen LogP contribution in [-0.4, -0.2) is 48.8 Å². The molecule has 1 saturated heterocycles. The molecule has 16 heavy (non-hydrogen) atoms. The average molecular weight is 230 g/mol. The van der Waals surface area contributed by atoms with Crippen LogP contribution >= 0.6 is 0 Å². The lowest BCUT2D eigenvalue weighted by Gasteiger charge is -2.11. The molecule has 92 valence electrons. The molecule has 0 aromatic carbocycles. The maximum atomic E-state index is 11.3. The van der Waals surface area contributed by atoms with Crippen molar-refractivity contribution in [3.63, 3.8) is 0 Å². The van der Waals surface area contributed by atoms with Gasteiger partial charge in [0, 0.05) is 19.7 Å². The van der Waals surface area contributed by atoms with Crippen LogP contribution in [0.15, 0.2) is 0 Å². The van der Waals surface area contributed by atoms with E-state index in [1.807, 2.05) is 0 Å². The molecule has 1 aliphatic rings. The summed E-state index contributed by atoms with van der Waals surface area (Å²) in [5.41, 5.74) is 0. The molecule has 0 bridgehead atoms. The van der Waals surface area contributed by atoms with E-state index in [0.29, 0.717) is 6.54 Å². The fourth-order valence-electron chi connectivity index (χ4n) is 1.41. The van der Waals surface area contributed by atoms with Gasteiger partial charge in [-0.3, -0.25) is 9.59 Å². The van der Waals surface area contributed by atoms with Crippen LogP contribution in [0.25, 0.3) is 0 Å². The van der Waals surface area contributed by atoms with E-state index >= 15 is 0 Å². The Balaban J connectivity index is 2.15. The second kappa shape index (κ2) is 6.44. The van der Waals surface area contributed by atoms with Crippen molar-refractivity contribution in [3.8, 4) is 0 Å². The van der Waals surface area contributed by atoms with Gasteiger partial charge in [-0.2, -0.15) is 0 Å². The SMILES string of the molecule is C[C@@H](O)CNC(=O)C(=O)NC[C@H]1CCCO1. The maximum Gasteiger partial charge on any atom is 0.309 e. The predicted octanol–water partition coefficient (Wildman–Crippen LogP) is -1.22. The van der Waals surface area contributed by atoms with Crippen LogP contribution in [0.2, 0.25) is 0 Å². The summed E-state index contributed by atoms with van der Waals surface area (Å²) in [6, 6.07) is 0. The van der Waals surface area contributed by atoms with E-state index in [-0.39, 0.29) is 12.6 Å². The van der Waals surface area contributed by atoms with Crippen molar-refractivity contribution >= 4 is 11.8 Å². The fraction of sp³-hybridized carbons (Fsp3) is 0.800. The van der Waals surface area contributed by atoms with Gasteiger partial charge in [0.1, 0.15) is 0 Å².